The third kappa shape index (κ3) is 2.79. The van der Waals surface area contributed by atoms with Gasteiger partial charge in [-0.15, -0.1) is 0 Å². The van der Waals surface area contributed by atoms with E-state index in [9.17, 15) is 0 Å². The first-order valence-electron chi connectivity index (χ1n) is 5.22. The van der Waals surface area contributed by atoms with Gasteiger partial charge in [0.05, 0.1) is 10.7 Å². The zero-order valence-corrected chi connectivity index (χ0v) is 11.9. The van der Waals surface area contributed by atoms with Crippen molar-refractivity contribution in [2.75, 3.05) is 5.32 Å². The van der Waals surface area contributed by atoms with Crippen LogP contribution in [0, 0.1) is 13.8 Å². The van der Waals surface area contributed by atoms with E-state index in [0.29, 0.717) is 5.02 Å². The van der Waals surface area contributed by atoms with Crippen molar-refractivity contribution >= 4 is 39.0 Å². The maximum absolute atomic E-state index is 6.15. The number of para-hydroxylation sites is 1. The Hall–Kier alpha value is -1.06. The van der Waals surface area contributed by atoms with E-state index < -0.39 is 0 Å². The second kappa shape index (κ2) is 5.07. The number of anilines is 2. The average Bonchev–Trinajstić information content (AvgIpc) is 2.28. The van der Waals surface area contributed by atoms with E-state index in [1.807, 2.05) is 38.1 Å². The van der Waals surface area contributed by atoms with Gasteiger partial charge in [-0.2, -0.15) is 0 Å². The number of nitrogens with zero attached hydrogens (tertiary/aromatic N) is 1. The summed E-state index contributed by atoms with van der Waals surface area (Å²) in [4.78, 5) is 4.30. The highest BCUT2D eigenvalue weighted by Gasteiger charge is 2.05. The highest BCUT2D eigenvalue weighted by atomic mass is 79.9. The van der Waals surface area contributed by atoms with Crippen molar-refractivity contribution in [2.24, 2.45) is 0 Å². The molecule has 2 aromatic rings. The Bertz CT molecular complexity index is 535. The van der Waals surface area contributed by atoms with E-state index in [1.165, 1.54) is 0 Å². The molecule has 0 saturated heterocycles. The largest absolute Gasteiger partial charge is 0.339 e. The van der Waals surface area contributed by atoms with Gasteiger partial charge in [0.2, 0.25) is 0 Å². The van der Waals surface area contributed by atoms with Crippen LogP contribution in [-0.4, -0.2) is 4.98 Å². The Morgan fingerprint density at radius 2 is 2.00 bits per heavy atom. The molecule has 0 aliphatic carbocycles. The van der Waals surface area contributed by atoms with Crippen molar-refractivity contribution in [2.45, 2.75) is 13.8 Å². The summed E-state index contributed by atoms with van der Waals surface area (Å²) in [5.41, 5.74) is 3.13. The number of aryl methyl sites for hydroxylation is 2. The topological polar surface area (TPSA) is 24.9 Å². The Morgan fingerprint density at radius 1 is 1.24 bits per heavy atom. The first-order chi connectivity index (χ1) is 8.08. The molecule has 1 aromatic carbocycles. The van der Waals surface area contributed by atoms with Crippen LogP contribution in [0.5, 0.6) is 0 Å². The molecule has 1 heterocycles. The molecule has 1 N–H and O–H groups in total. The number of benzene rings is 1. The van der Waals surface area contributed by atoms with Gasteiger partial charge in [-0.1, -0.05) is 23.7 Å². The van der Waals surface area contributed by atoms with Crippen molar-refractivity contribution in [3.8, 4) is 0 Å². The van der Waals surface area contributed by atoms with Crippen molar-refractivity contribution < 1.29 is 0 Å². The Kier molecular flexibility index (Phi) is 3.69. The maximum Gasteiger partial charge on any atom is 0.130 e. The highest BCUT2D eigenvalue weighted by Crippen LogP contribution is 2.28. The summed E-state index contributed by atoms with van der Waals surface area (Å²) in [5, 5.41) is 3.95. The van der Waals surface area contributed by atoms with Crippen LogP contribution >= 0.6 is 27.5 Å². The van der Waals surface area contributed by atoms with Crippen molar-refractivity contribution in [3.63, 3.8) is 0 Å². The molecule has 88 valence electrons. The van der Waals surface area contributed by atoms with Crippen molar-refractivity contribution in [1.29, 1.82) is 0 Å². The Balaban J connectivity index is 2.35. The van der Waals surface area contributed by atoms with E-state index in [0.717, 1.165) is 27.1 Å². The van der Waals surface area contributed by atoms with Crippen molar-refractivity contribution in [3.05, 3.63) is 51.1 Å². The summed E-state index contributed by atoms with van der Waals surface area (Å²) in [6, 6.07) is 7.79. The zero-order chi connectivity index (χ0) is 12.4. The van der Waals surface area contributed by atoms with Crippen LogP contribution in [0.3, 0.4) is 0 Å². The summed E-state index contributed by atoms with van der Waals surface area (Å²) in [5.74, 6) is 0.793. The van der Waals surface area contributed by atoms with Gasteiger partial charge in [0.1, 0.15) is 5.82 Å². The zero-order valence-electron chi connectivity index (χ0n) is 9.59. The summed E-state index contributed by atoms with van der Waals surface area (Å²) in [7, 11) is 0. The van der Waals surface area contributed by atoms with E-state index in [2.05, 4.69) is 26.2 Å². The molecular formula is C13H12BrClN2. The van der Waals surface area contributed by atoms with Crippen LogP contribution in [0.25, 0.3) is 0 Å². The maximum atomic E-state index is 6.15. The second-order valence-corrected chi connectivity index (χ2v) is 5.14. The molecule has 0 aliphatic rings. The van der Waals surface area contributed by atoms with Crippen molar-refractivity contribution in [1.82, 2.24) is 4.98 Å². The lowest BCUT2D eigenvalue weighted by Crippen LogP contribution is -1.97. The number of pyridine rings is 1. The fourth-order valence-electron chi connectivity index (χ4n) is 1.53. The lowest BCUT2D eigenvalue weighted by Gasteiger charge is -2.11. The molecular weight excluding hydrogens is 300 g/mol. The van der Waals surface area contributed by atoms with Gasteiger partial charge in [0, 0.05) is 10.7 Å². The molecule has 0 spiro atoms. The van der Waals surface area contributed by atoms with Crippen LogP contribution in [0.1, 0.15) is 11.1 Å². The van der Waals surface area contributed by atoms with Gasteiger partial charge in [0.15, 0.2) is 0 Å². The molecule has 4 heteroatoms. The lowest BCUT2D eigenvalue weighted by atomic mass is 10.2. The predicted octanol–water partition coefficient (Wildman–Crippen LogP) is 4.86. The molecule has 1 aromatic heterocycles. The fourth-order valence-corrected chi connectivity index (χ4v) is 2.01. The number of aromatic nitrogens is 1. The summed E-state index contributed by atoms with van der Waals surface area (Å²) < 4.78 is 0.999. The molecule has 0 radical (unpaired) electrons. The molecule has 0 aliphatic heterocycles. The monoisotopic (exact) mass is 310 g/mol. The first-order valence-corrected chi connectivity index (χ1v) is 6.39. The van der Waals surface area contributed by atoms with Gasteiger partial charge >= 0.3 is 0 Å². The number of hydrogen-bond donors (Lipinski definition) is 1. The standard InChI is InChI=1S/C13H12BrClN2/c1-8-4-3-5-11(15)13(8)17-12-6-9(2)10(14)7-16-12/h3-7H,1-2H3,(H,16,17). The fraction of sp³-hybridized carbons (Fsp3) is 0.154. The molecule has 2 rings (SSSR count). The number of nitrogens with one attached hydrogen (secondary N) is 1. The molecule has 17 heavy (non-hydrogen) atoms. The summed E-state index contributed by atoms with van der Waals surface area (Å²) in [6.45, 7) is 4.04. The van der Waals surface area contributed by atoms with Gasteiger partial charge in [-0.3, -0.25) is 0 Å². The molecule has 0 saturated carbocycles. The normalized spacial score (nSPS) is 10.4. The number of hydrogen-bond acceptors (Lipinski definition) is 2. The summed E-state index contributed by atoms with van der Waals surface area (Å²) >= 11 is 9.58. The predicted molar refractivity (Wildman–Crippen MR) is 76.1 cm³/mol. The minimum atomic E-state index is 0.701. The molecule has 0 fully saturated rings. The Labute approximate surface area is 114 Å². The molecule has 0 bridgehead atoms. The molecule has 2 nitrogen and oxygen atoms in total. The molecule has 0 atom stereocenters. The van der Waals surface area contributed by atoms with Gasteiger partial charge < -0.3 is 5.32 Å². The number of halogens is 2. The lowest BCUT2D eigenvalue weighted by molar-refractivity contribution is 1.24. The summed E-state index contributed by atoms with van der Waals surface area (Å²) in [6.07, 6.45) is 1.78. The van der Waals surface area contributed by atoms with E-state index in [1.54, 1.807) is 6.20 Å². The smallest absolute Gasteiger partial charge is 0.130 e. The van der Waals surface area contributed by atoms with Gasteiger partial charge in [-0.05, 0) is 53.0 Å². The van der Waals surface area contributed by atoms with E-state index in [-0.39, 0.29) is 0 Å². The third-order valence-electron chi connectivity index (χ3n) is 2.52. The molecule has 0 unspecified atom stereocenters. The van der Waals surface area contributed by atoms with Crippen LogP contribution in [-0.2, 0) is 0 Å². The third-order valence-corrected chi connectivity index (χ3v) is 3.67. The van der Waals surface area contributed by atoms with Gasteiger partial charge in [-0.25, -0.2) is 4.98 Å². The SMILES string of the molecule is Cc1cc(Nc2c(C)cccc2Cl)ncc1Br. The Morgan fingerprint density at radius 3 is 2.65 bits per heavy atom. The quantitative estimate of drug-likeness (QED) is 0.857. The first kappa shape index (κ1) is 12.4. The van der Waals surface area contributed by atoms with Crippen LogP contribution < -0.4 is 5.32 Å². The van der Waals surface area contributed by atoms with E-state index >= 15 is 0 Å². The minimum Gasteiger partial charge on any atom is -0.339 e. The second-order valence-electron chi connectivity index (χ2n) is 3.88. The van der Waals surface area contributed by atoms with E-state index in [4.69, 9.17) is 11.6 Å². The van der Waals surface area contributed by atoms with Crippen LogP contribution in [0.4, 0.5) is 11.5 Å². The number of rotatable bonds is 2. The molecule has 0 amide bonds. The van der Waals surface area contributed by atoms with Gasteiger partial charge in [0.25, 0.3) is 0 Å². The van der Waals surface area contributed by atoms with Crippen LogP contribution in [0.15, 0.2) is 34.9 Å². The highest BCUT2D eigenvalue weighted by molar-refractivity contribution is 9.10. The minimum absolute atomic E-state index is 0.701. The van der Waals surface area contributed by atoms with Crippen LogP contribution in [0.2, 0.25) is 5.02 Å². The average molecular weight is 312 g/mol.